The molecule has 2 heterocycles. The second kappa shape index (κ2) is 5.46. The summed E-state index contributed by atoms with van der Waals surface area (Å²) in [6.07, 6.45) is 1.34. The van der Waals surface area contributed by atoms with Gasteiger partial charge in [0.25, 0.3) is 0 Å². The van der Waals surface area contributed by atoms with Gasteiger partial charge in [0.1, 0.15) is 11.6 Å². The highest BCUT2D eigenvalue weighted by Crippen LogP contribution is 2.22. The Morgan fingerprint density at radius 3 is 2.75 bits per heavy atom. The van der Waals surface area contributed by atoms with E-state index in [0.29, 0.717) is 5.95 Å². The van der Waals surface area contributed by atoms with Crippen LogP contribution in [0.25, 0.3) is 11.3 Å². The van der Waals surface area contributed by atoms with Crippen molar-refractivity contribution in [2.45, 2.75) is 0 Å². The molecule has 0 unspecified atom stereocenters. The Hall–Kier alpha value is -2.15. The van der Waals surface area contributed by atoms with Crippen LogP contribution in [0.2, 0.25) is 0 Å². The van der Waals surface area contributed by atoms with Crippen LogP contribution in [0, 0.1) is 11.6 Å². The van der Waals surface area contributed by atoms with Crippen LogP contribution >= 0.6 is 0 Å². The SMILES string of the molecule is Fc1ccc(F)c(-c2cnnc(N3CCNCC3)n2)c1. The predicted octanol–water partition coefficient (Wildman–Crippen LogP) is 1.23. The number of hydrogen-bond acceptors (Lipinski definition) is 5. The fourth-order valence-electron chi connectivity index (χ4n) is 2.12. The number of anilines is 1. The molecule has 0 aliphatic carbocycles. The Morgan fingerprint density at radius 2 is 1.95 bits per heavy atom. The Balaban J connectivity index is 1.96. The number of piperazine rings is 1. The summed E-state index contributed by atoms with van der Waals surface area (Å²) < 4.78 is 27.0. The highest BCUT2D eigenvalue weighted by atomic mass is 19.1. The van der Waals surface area contributed by atoms with E-state index in [1.54, 1.807) is 0 Å². The predicted molar refractivity (Wildman–Crippen MR) is 70.3 cm³/mol. The molecule has 0 radical (unpaired) electrons. The molecule has 0 amide bonds. The summed E-state index contributed by atoms with van der Waals surface area (Å²) in [6.45, 7) is 3.19. The maximum atomic E-state index is 13.8. The first-order valence-electron chi connectivity index (χ1n) is 6.35. The van der Waals surface area contributed by atoms with Crippen molar-refractivity contribution in [2.24, 2.45) is 0 Å². The van der Waals surface area contributed by atoms with Gasteiger partial charge in [0.15, 0.2) is 0 Å². The van der Waals surface area contributed by atoms with E-state index in [9.17, 15) is 8.78 Å². The van der Waals surface area contributed by atoms with E-state index in [1.807, 2.05) is 4.90 Å². The van der Waals surface area contributed by atoms with Crippen LogP contribution in [0.1, 0.15) is 0 Å². The molecule has 20 heavy (non-hydrogen) atoms. The maximum absolute atomic E-state index is 13.8. The lowest BCUT2D eigenvalue weighted by atomic mass is 10.1. The molecule has 2 aromatic rings. The molecule has 0 bridgehead atoms. The van der Waals surface area contributed by atoms with Gasteiger partial charge in [0, 0.05) is 31.7 Å². The van der Waals surface area contributed by atoms with Crippen LogP contribution in [-0.4, -0.2) is 41.4 Å². The van der Waals surface area contributed by atoms with Gasteiger partial charge in [0.2, 0.25) is 5.95 Å². The van der Waals surface area contributed by atoms with E-state index in [0.717, 1.165) is 44.4 Å². The van der Waals surface area contributed by atoms with E-state index in [4.69, 9.17) is 0 Å². The van der Waals surface area contributed by atoms with Crippen LogP contribution < -0.4 is 10.2 Å². The summed E-state index contributed by atoms with van der Waals surface area (Å²) in [5.74, 6) is -0.602. The molecule has 1 saturated heterocycles. The first kappa shape index (κ1) is 12.9. The van der Waals surface area contributed by atoms with Gasteiger partial charge in [-0.25, -0.2) is 13.8 Å². The lowest BCUT2D eigenvalue weighted by Gasteiger charge is -2.26. The summed E-state index contributed by atoms with van der Waals surface area (Å²) in [7, 11) is 0. The fraction of sp³-hybridized carbons (Fsp3) is 0.308. The molecule has 3 rings (SSSR count). The summed E-state index contributed by atoms with van der Waals surface area (Å²) in [5.41, 5.74) is 0.377. The minimum Gasteiger partial charge on any atom is -0.337 e. The molecule has 0 atom stereocenters. The van der Waals surface area contributed by atoms with Crippen LogP contribution in [-0.2, 0) is 0 Å². The third-order valence-electron chi connectivity index (χ3n) is 3.15. The van der Waals surface area contributed by atoms with Gasteiger partial charge in [0.05, 0.1) is 11.9 Å². The molecule has 1 aromatic heterocycles. The van der Waals surface area contributed by atoms with E-state index in [2.05, 4.69) is 20.5 Å². The fourth-order valence-corrected chi connectivity index (χ4v) is 2.12. The lowest BCUT2D eigenvalue weighted by Crippen LogP contribution is -2.44. The van der Waals surface area contributed by atoms with Gasteiger partial charge in [-0.1, -0.05) is 0 Å². The Morgan fingerprint density at radius 1 is 1.15 bits per heavy atom. The van der Waals surface area contributed by atoms with Crippen molar-refractivity contribution >= 4 is 5.95 Å². The Kier molecular flexibility index (Phi) is 3.51. The minimum absolute atomic E-state index is 0.0938. The molecule has 104 valence electrons. The summed E-state index contributed by atoms with van der Waals surface area (Å²) in [4.78, 5) is 6.25. The minimum atomic E-state index is -0.529. The smallest absolute Gasteiger partial charge is 0.245 e. The summed E-state index contributed by atoms with van der Waals surface area (Å²) in [6, 6.07) is 3.27. The molecule has 5 nitrogen and oxygen atoms in total. The monoisotopic (exact) mass is 277 g/mol. The highest BCUT2D eigenvalue weighted by molar-refractivity contribution is 5.60. The molecule has 1 aliphatic heterocycles. The van der Waals surface area contributed by atoms with Gasteiger partial charge in [-0.2, -0.15) is 5.10 Å². The molecule has 7 heteroatoms. The first-order chi connectivity index (χ1) is 9.74. The number of hydrogen-bond donors (Lipinski definition) is 1. The molecule has 1 fully saturated rings. The number of nitrogens with zero attached hydrogens (tertiary/aromatic N) is 4. The molecule has 1 aliphatic rings. The quantitative estimate of drug-likeness (QED) is 0.894. The molecular formula is C13H13F2N5. The van der Waals surface area contributed by atoms with Crippen molar-refractivity contribution in [3.05, 3.63) is 36.0 Å². The summed E-state index contributed by atoms with van der Waals surface area (Å²) in [5, 5.41) is 11.0. The van der Waals surface area contributed by atoms with Crippen LogP contribution in [0.3, 0.4) is 0 Å². The van der Waals surface area contributed by atoms with Gasteiger partial charge in [-0.05, 0) is 18.2 Å². The zero-order valence-electron chi connectivity index (χ0n) is 10.7. The largest absolute Gasteiger partial charge is 0.337 e. The first-order valence-corrected chi connectivity index (χ1v) is 6.35. The molecule has 0 spiro atoms. The highest BCUT2D eigenvalue weighted by Gasteiger charge is 2.16. The zero-order chi connectivity index (χ0) is 13.9. The number of rotatable bonds is 2. The van der Waals surface area contributed by atoms with Gasteiger partial charge in [-0.3, -0.25) is 0 Å². The maximum Gasteiger partial charge on any atom is 0.245 e. The molecule has 1 N–H and O–H groups in total. The van der Waals surface area contributed by atoms with E-state index >= 15 is 0 Å². The van der Waals surface area contributed by atoms with Crippen molar-refractivity contribution in [1.82, 2.24) is 20.5 Å². The third kappa shape index (κ3) is 2.57. The standard InChI is InChI=1S/C13H13F2N5/c14-9-1-2-11(15)10(7-9)12-8-17-19-13(18-12)20-5-3-16-4-6-20/h1-2,7-8,16H,3-6H2. The summed E-state index contributed by atoms with van der Waals surface area (Å²) >= 11 is 0. The van der Waals surface area contributed by atoms with Gasteiger partial charge < -0.3 is 10.2 Å². The van der Waals surface area contributed by atoms with Gasteiger partial charge >= 0.3 is 0 Å². The number of nitrogens with one attached hydrogen (secondary N) is 1. The van der Waals surface area contributed by atoms with Crippen molar-refractivity contribution < 1.29 is 8.78 Å². The van der Waals surface area contributed by atoms with Crippen molar-refractivity contribution in [1.29, 1.82) is 0 Å². The average molecular weight is 277 g/mol. The topological polar surface area (TPSA) is 53.9 Å². The molecule has 1 aromatic carbocycles. The molecular weight excluding hydrogens is 264 g/mol. The number of benzene rings is 1. The van der Waals surface area contributed by atoms with Crippen LogP contribution in [0.5, 0.6) is 0 Å². The van der Waals surface area contributed by atoms with E-state index in [1.165, 1.54) is 6.20 Å². The van der Waals surface area contributed by atoms with E-state index < -0.39 is 11.6 Å². The third-order valence-corrected chi connectivity index (χ3v) is 3.15. The van der Waals surface area contributed by atoms with Gasteiger partial charge in [-0.15, -0.1) is 5.10 Å². The van der Waals surface area contributed by atoms with E-state index in [-0.39, 0.29) is 11.3 Å². The normalized spacial score (nSPS) is 15.4. The second-order valence-corrected chi connectivity index (χ2v) is 4.50. The van der Waals surface area contributed by atoms with Crippen molar-refractivity contribution in [3.63, 3.8) is 0 Å². The lowest BCUT2D eigenvalue weighted by molar-refractivity contribution is 0.576. The Bertz CT molecular complexity index is 613. The van der Waals surface area contributed by atoms with Crippen molar-refractivity contribution in [3.8, 4) is 11.3 Å². The number of aromatic nitrogens is 3. The number of halogens is 2. The molecule has 0 saturated carbocycles. The Labute approximate surface area is 114 Å². The van der Waals surface area contributed by atoms with Crippen LogP contribution in [0.15, 0.2) is 24.4 Å². The average Bonchev–Trinajstić information content (AvgIpc) is 2.51. The van der Waals surface area contributed by atoms with Crippen molar-refractivity contribution in [2.75, 3.05) is 31.1 Å². The second-order valence-electron chi connectivity index (χ2n) is 4.50. The zero-order valence-corrected chi connectivity index (χ0v) is 10.7. The van der Waals surface area contributed by atoms with Crippen LogP contribution in [0.4, 0.5) is 14.7 Å².